The Morgan fingerprint density at radius 1 is 1.13 bits per heavy atom. The molecule has 0 aliphatic heterocycles. The molecule has 1 heterocycles. The van der Waals surface area contributed by atoms with Gasteiger partial charge in [0.15, 0.2) is 0 Å². The maximum atomic E-state index is 9.22. The second-order valence-corrected chi connectivity index (χ2v) is 3.59. The van der Waals surface area contributed by atoms with E-state index in [2.05, 4.69) is 6.92 Å². The number of aliphatic hydroxyl groups excluding tert-OH is 3. The molecule has 0 aliphatic rings. The summed E-state index contributed by atoms with van der Waals surface area (Å²) in [7, 11) is 0. The predicted octanol–water partition coefficient (Wildman–Crippen LogP) is 0.765. The van der Waals surface area contributed by atoms with E-state index >= 15 is 0 Å². The molecular weight excluding hydrogens is 194 g/mol. The van der Waals surface area contributed by atoms with Gasteiger partial charge in [0.1, 0.15) is 0 Å². The molecule has 1 rings (SSSR count). The minimum atomic E-state index is -0.0976. The largest absolute Gasteiger partial charge is 0.392 e. The predicted molar refractivity (Wildman–Crippen MR) is 57.1 cm³/mol. The molecule has 0 amide bonds. The van der Waals surface area contributed by atoms with Gasteiger partial charge < -0.3 is 19.9 Å². The van der Waals surface area contributed by atoms with Crippen LogP contribution < -0.4 is 0 Å². The summed E-state index contributed by atoms with van der Waals surface area (Å²) in [4.78, 5) is 0. The monoisotopic (exact) mass is 213 g/mol. The van der Waals surface area contributed by atoms with Gasteiger partial charge in [0.05, 0.1) is 19.8 Å². The van der Waals surface area contributed by atoms with E-state index < -0.39 is 0 Å². The minimum absolute atomic E-state index is 0.0588. The summed E-state index contributed by atoms with van der Waals surface area (Å²) in [6.45, 7) is 2.62. The Hall–Kier alpha value is -0.840. The molecule has 15 heavy (non-hydrogen) atoms. The van der Waals surface area contributed by atoms with Gasteiger partial charge in [-0.3, -0.25) is 0 Å². The molecule has 3 N–H and O–H groups in total. The highest BCUT2D eigenvalue weighted by atomic mass is 16.3. The van der Waals surface area contributed by atoms with Crippen LogP contribution in [0.5, 0.6) is 0 Å². The molecule has 0 aliphatic carbocycles. The first kappa shape index (κ1) is 12.2. The summed E-state index contributed by atoms with van der Waals surface area (Å²) in [6.07, 6.45) is 2.06. The van der Waals surface area contributed by atoms with Crippen LogP contribution in [0.4, 0.5) is 0 Å². The highest BCUT2D eigenvalue weighted by molar-refractivity contribution is 5.27. The Balaban J connectivity index is 3.01. The number of aromatic nitrogens is 1. The van der Waals surface area contributed by atoms with Crippen molar-refractivity contribution >= 4 is 0 Å². The number of hydrogen-bond donors (Lipinski definition) is 3. The fourth-order valence-corrected chi connectivity index (χ4v) is 1.76. The molecule has 0 atom stereocenters. The molecular formula is C11H19NO3. The normalized spacial score (nSPS) is 10.9. The van der Waals surface area contributed by atoms with E-state index in [9.17, 15) is 5.11 Å². The maximum absolute atomic E-state index is 9.22. The van der Waals surface area contributed by atoms with Crippen LogP contribution in [0.3, 0.4) is 0 Å². The number of unbranched alkanes of at least 4 members (excludes halogenated alkanes) is 1. The van der Waals surface area contributed by atoms with Crippen molar-refractivity contribution in [3.8, 4) is 0 Å². The van der Waals surface area contributed by atoms with E-state index in [-0.39, 0.29) is 19.8 Å². The van der Waals surface area contributed by atoms with Gasteiger partial charge in [-0.15, -0.1) is 0 Å². The van der Waals surface area contributed by atoms with Crippen LogP contribution in [0.25, 0.3) is 0 Å². The first-order valence-corrected chi connectivity index (χ1v) is 5.31. The van der Waals surface area contributed by atoms with Crippen LogP contribution >= 0.6 is 0 Å². The molecule has 0 radical (unpaired) electrons. The van der Waals surface area contributed by atoms with Gasteiger partial charge in [-0.05, 0) is 12.5 Å². The van der Waals surface area contributed by atoms with Crippen molar-refractivity contribution in [2.24, 2.45) is 0 Å². The lowest BCUT2D eigenvalue weighted by Crippen LogP contribution is -2.08. The van der Waals surface area contributed by atoms with Crippen molar-refractivity contribution in [1.82, 2.24) is 4.57 Å². The Kier molecular flexibility index (Phi) is 4.81. The van der Waals surface area contributed by atoms with Crippen LogP contribution in [-0.2, 0) is 26.4 Å². The lowest BCUT2D eigenvalue weighted by molar-refractivity contribution is 0.246. The van der Waals surface area contributed by atoms with Gasteiger partial charge in [0.25, 0.3) is 0 Å². The zero-order valence-electron chi connectivity index (χ0n) is 9.11. The molecule has 0 aromatic carbocycles. The highest BCUT2D eigenvalue weighted by Gasteiger charge is 2.12. The zero-order chi connectivity index (χ0) is 11.3. The smallest absolute Gasteiger partial charge is 0.0836 e. The van der Waals surface area contributed by atoms with Crippen molar-refractivity contribution in [2.75, 3.05) is 0 Å². The van der Waals surface area contributed by atoms with Gasteiger partial charge in [-0.1, -0.05) is 13.3 Å². The van der Waals surface area contributed by atoms with Gasteiger partial charge in [-0.25, -0.2) is 0 Å². The highest BCUT2D eigenvalue weighted by Crippen LogP contribution is 2.18. The average molecular weight is 213 g/mol. The third kappa shape index (κ3) is 2.59. The molecule has 0 saturated heterocycles. The summed E-state index contributed by atoms with van der Waals surface area (Å²) in [5, 5.41) is 27.5. The fraction of sp³-hybridized carbons (Fsp3) is 0.636. The zero-order valence-corrected chi connectivity index (χ0v) is 9.11. The van der Waals surface area contributed by atoms with Crippen LogP contribution in [0.15, 0.2) is 6.07 Å². The van der Waals surface area contributed by atoms with E-state index in [1.54, 1.807) is 6.07 Å². The molecule has 4 heteroatoms. The van der Waals surface area contributed by atoms with E-state index in [1.165, 1.54) is 0 Å². The number of hydrogen-bond acceptors (Lipinski definition) is 3. The Labute approximate surface area is 89.8 Å². The number of aliphatic hydroxyl groups is 3. The summed E-state index contributed by atoms with van der Waals surface area (Å²) < 4.78 is 1.90. The Bertz CT molecular complexity index is 307. The molecule has 86 valence electrons. The van der Waals surface area contributed by atoms with E-state index in [4.69, 9.17) is 10.2 Å². The Morgan fingerprint density at radius 3 is 2.33 bits per heavy atom. The third-order valence-corrected chi connectivity index (χ3v) is 2.60. The lowest BCUT2D eigenvalue weighted by atomic mass is 10.2. The number of rotatable bonds is 6. The van der Waals surface area contributed by atoms with E-state index in [1.807, 2.05) is 4.57 Å². The van der Waals surface area contributed by atoms with E-state index in [0.29, 0.717) is 5.56 Å². The average Bonchev–Trinajstić information content (AvgIpc) is 2.62. The summed E-state index contributed by atoms with van der Waals surface area (Å²) in [5.41, 5.74) is 2.18. The van der Waals surface area contributed by atoms with Gasteiger partial charge in [0, 0.05) is 23.5 Å². The molecule has 0 fully saturated rings. The maximum Gasteiger partial charge on any atom is 0.0836 e. The summed E-state index contributed by atoms with van der Waals surface area (Å²) in [5.74, 6) is 0. The second-order valence-electron chi connectivity index (χ2n) is 3.59. The van der Waals surface area contributed by atoms with Gasteiger partial charge in [0.2, 0.25) is 0 Å². The molecule has 0 unspecified atom stereocenters. The standard InChI is InChI=1S/C11H19NO3/c1-2-3-4-12-10(7-14)5-9(6-13)11(12)8-15/h5,13-15H,2-4,6-8H2,1H3. The van der Waals surface area contributed by atoms with Crippen LogP contribution in [0.1, 0.15) is 36.7 Å². The van der Waals surface area contributed by atoms with Gasteiger partial charge >= 0.3 is 0 Å². The molecule has 1 aromatic rings. The molecule has 4 nitrogen and oxygen atoms in total. The fourth-order valence-electron chi connectivity index (χ4n) is 1.76. The quantitative estimate of drug-likeness (QED) is 0.653. The first-order valence-electron chi connectivity index (χ1n) is 5.31. The van der Waals surface area contributed by atoms with Crippen LogP contribution in [0.2, 0.25) is 0 Å². The van der Waals surface area contributed by atoms with Crippen molar-refractivity contribution in [3.63, 3.8) is 0 Å². The summed E-state index contributed by atoms with van der Waals surface area (Å²) in [6, 6.07) is 1.75. The van der Waals surface area contributed by atoms with Gasteiger partial charge in [-0.2, -0.15) is 0 Å². The van der Waals surface area contributed by atoms with Crippen molar-refractivity contribution in [3.05, 3.63) is 23.0 Å². The van der Waals surface area contributed by atoms with Crippen LogP contribution in [-0.4, -0.2) is 19.9 Å². The second kappa shape index (κ2) is 5.90. The molecule has 0 spiro atoms. The Morgan fingerprint density at radius 2 is 1.87 bits per heavy atom. The number of nitrogens with zero attached hydrogens (tertiary/aromatic N) is 1. The van der Waals surface area contributed by atoms with E-state index in [0.717, 1.165) is 30.8 Å². The molecule has 1 aromatic heterocycles. The lowest BCUT2D eigenvalue weighted by Gasteiger charge is -2.10. The molecule has 0 saturated carbocycles. The SMILES string of the molecule is CCCCn1c(CO)cc(CO)c1CO. The van der Waals surface area contributed by atoms with Crippen molar-refractivity contribution < 1.29 is 15.3 Å². The minimum Gasteiger partial charge on any atom is -0.392 e. The first-order chi connectivity index (χ1) is 7.28. The van der Waals surface area contributed by atoms with Crippen molar-refractivity contribution in [1.29, 1.82) is 0 Å². The topological polar surface area (TPSA) is 65.6 Å². The molecule has 0 bridgehead atoms. The van der Waals surface area contributed by atoms with Crippen LogP contribution in [0, 0.1) is 0 Å². The van der Waals surface area contributed by atoms with Crippen molar-refractivity contribution in [2.45, 2.75) is 46.1 Å². The third-order valence-electron chi connectivity index (χ3n) is 2.60. The summed E-state index contributed by atoms with van der Waals surface area (Å²) >= 11 is 0.